The zero-order chi connectivity index (χ0) is 33.6. The number of rotatable bonds is 34. The first-order valence-electron chi connectivity index (χ1n) is 20.4. The average molecular weight is 659 g/mol. The van der Waals surface area contributed by atoms with Crippen molar-refractivity contribution in [2.45, 2.75) is 206 Å². The summed E-state index contributed by atoms with van der Waals surface area (Å²) in [6.07, 6.45) is 42.6. The van der Waals surface area contributed by atoms with E-state index in [1.165, 1.54) is 116 Å². The van der Waals surface area contributed by atoms with Crippen molar-refractivity contribution >= 4 is 11.9 Å². The van der Waals surface area contributed by atoms with Crippen molar-refractivity contribution in [3.63, 3.8) is 0 Å². The number of allylic oxidation sites excluding steroid dienone is 4. The molecule has 5 nitrogen and oxygen atoms in total. The molecule has 272 valence electrons. The van der Waals surface area contributed by atoms with Crippen LogP contribution in [0, 0.1) is 11.8 Å². The first-order valence-corrected chi connectivity index (χ1v) is 20.4. The molecule has 0 spiro atoms. The Labute approximate surface area is 290 Å². The third kappa shape index (κ3) is 25.2. The minimum absolute atomic E-state index is 0.153. The molecule has 2 fully saturated rings. The molecule has 5 heteroatoms. The molecular formula is C42H74O5. The predicted molar refractivity (Wildman–Crippen MR) is 196 cm³/mol. The standard InChI is InChI=1S/C42H74O5/c1-3-5-7-9-11-13-15-17-19-21-23-25-27-29-31-37(33-39-35-45-39)41(43)47-42(44)38(34-40-36-46-40)32-30-28-26-24-22-20-18-16-14-12-10-8-6-4-2/h17-20,37-40H,3-16,21-36H2,1-2H3. The molecule has 47 heavy (non-hydrogen) atoms. The van der Waals surface area contributed by atoms with E-state index in [1.54, 1.807) is 0 Å². The molecule has 0 saturated carbocycles. The van der Waals surface area contributed by atoms with Gasteiger partial charge in [-0.1, -0.05) is 141 Å². The largest absolute Gasteiger partial charge is 0.393 e. The maximum absolute atomic E-state index is 13.1. The van der Waals surface area contributed by atoms with Gasteiger partial charge in [0.05, 0.1) is 37.3 Å². The van der Waals surface area contributed by atoms with Crippen molar-refractivity contribution in [2.75, 3.05) is 13.2 Å². The summed E-state index contributed by atoms with van der Waals surface area (Å²) in [5, 5.41) is 0. The van der Waals surface area contributed by atoms with Crippen molar-refractivity contribution in [1.82, 2.24) is 0 Å². The fourth-order valence-electron chi connectivity index (χ4n) is 6.54. The lowest BCUT2D eigenvalue weighted by molar-refractivity contribution is -0.166. The van der Waals surface area contributed by atoms with Gasteiger partial charge in [-0.05, 0) is 77.0 Å². The Morgan fingerprint density at radius 3 is 1.13 bits per heavy atom. The lowest BCUT2D eigenvalue weighted by atomic mass is 9.94. The fraction of sp³-hybridized carbons (Fsp3) is 0.857. The number of esters is 2. The summed E-state index contributed by atoms with van der Waals surface area (Å²) in [6, 6.07) is 0. The van der Waals surface area contributed by atoms with Crippen LogP contribution in [0.5, 0.6) is 0 Å². The Morgan fingerprint density at radius 1 is 0.511 bits per heavy atom. The first kappa shape index (κ1) is 41.7. The third-order valence-corrected chi connectivity index (χ3v) is 9.90. The van der Waals surface area contributed by atoms with E-state index in [0.29, 0.717) is 12.8 Å². The maximum atomic E-state index is 13.1. The van der Waals surface area contributed by atoms with Gasteiger partial charge in [-0.15, -0.1) is 0 Å². The zero-order valence-corrected chi connectivity index (χ0v) is 30.9. The summed E-state index contributed by atoms with van der Waals surface area (Å²) in [5.41, 5.74) is 0. The topological polar surface area (TPSA) is 68.4 Å². The predicted octanol–water partition coefficient (Wildman–Crippen LogP) is 12.2. The molecule has 2 aliphatic rings. The summed E-state index contributed by atoms with van der Waals surface area (Å²) in [7, 11) is 0. The van der Waals surface area contributed by atoms with E-state index in [4.69, 9.17) is 14.2 Å². The van der Waals surface area contributed by atoms with Gasteiger partial charge in [0.25, 0.3) is 0 Å². The van der Waals surface area contributed by atoms with Gasteiger partial charge in [-0.25, -0.2) is 0 Å². The molecule has 2 rings (SSSR count). The molecule has 0 aromatic rings. The van der Waals surface area contributed by atoms with Crippen molar-refractivity contribution in [1.29, 1.82) is 0 Å². The molecular weight excluding hydrogens is 584 g/mol. The quantitative estimate of drug-likeness (QED) is 0.0226. The number of epoxide rings is 2. The van der Waals surface area contributed by atoms with Crippen molar-refractivity contribution in [3.05, 3.63) is 24.3 Å². The van der Waals surface area contributed by atoms with Crippen molar-refractivity contribution in [2.24, 2.45) is 11.8 Å². The average Bonchev–Trinajstić information content (AvgIpc) is 4.01. The van der Waals surface area contributed by atoms with E-state index in [9.17, 15) is 9.59 Å². The second-order valence-corrected chi connectivity index (χ2v) is 14.6. The number of unbranched alkanes of at least 4 members (excludes halogenated alkanes) is 20. The summed E-state index contributed by atoms with van der Waals surface area (Å²) < 4.78 is 16.4. The number of carbonyl (C=O) groups excluding carboxylic acids is 2. The minimum Gasteiger partial charge on any atom is -0.393 e. The molecule has 0 radical (unpaired) electrons. The normalized spacial score (nSPS) is 18.6. The van der Waals surface area contributed by atoms with E-state index in [1.807, 2.05) is 0 Å². The second-order valence-electron chi connectivity index (χ2n) is 14.6. The maximum Gasteiger partial charge on any atom is 0.316 e. The molecule has 4 unspecified atom stereocenters. The number of hydrogen-bond donors (Lipinski definition) is 0. The molecule has 0 N–H and O–H groups in total. The van der Waals surface area contributed by atoms with Crippen LogP contribution in [0.1, 0.15) is 194 Å². The molecule has 4 atom stereocenters. The Kier molecular flexibility index (Phi) is 26.1. The molecule has 0 aliphatic carbocycles. The number of carbonyl (C=O) groups is 2. The minimum atomic E-state index is -0.336. The smallest absolute Gasteiger partial charge is 0.316 e. The Hall–Kier alpha value is -1.46. The van der Waals surface area contributed by atoms with Gasteiger partial charge >= 0.3 is 11.9 Å². The van der Waals surface area contributed by atoms with Gasteiger partial charge in [0.1, 0.15) is 0 Å². The highest BCUT2D eigenvalue weighted by atomic mass is 16.6. The van der Waals surface area contributed by atoms with E-state index in [2.05, 4.69) is 38.2 Å². The lowest BCUT2D eigenvalue weighted by Gasteiger charge is -2.18. The van der Waals surface area contributed by atoms with Crippen LogP contribution in [0.25, 0.3) is 0 Å². The van der Waals surface area contributed by atoms with Gasteiger partial charge in [-0.3, -0.25) is 9.59 Å². The fourth-order valence-corrected chi connectivity index (χ4v) is 6.54. The van der Waals surface area contributed by atoms with Crippen LogP contribution in [-0.2, 0) is 23.8 Å². The summed E-state index contributed by atoms with van der Waals surface area (Å²) in [4.78, 5) is 26.3. The van der Waals surface area contributed by atoms with Crippen LogP contribution >= 0.6 is 0 Å². The molecule has 0 bridgehead atoms. The van der Waals surface area contributed by atoms with Gasteiger partial charge in [-0.2, -0.15) is 0 Å². The van der Waals surface area contributed by atoms with E-state index in [-0.39, 0.29) is 36.0 Å². The molecule has 2 saturated heterocycles. The highest BCUT2D eigenvalue weighted by Crippen LogP contribution is 2.28. The van der Waals surface area contributed by atoms with Crippen LogP contribution in [0.2, 0.25) is 0 Å². The van der Waals surface area contributed by atoms with Crippen LogP contribution < -0.4 is 0 Å². The summed E-state index contributed by atoms with van der Waals surface area (Å²) in [6.45, 7) is 5.98. The lowest BCUT2D eigenvalue weighted by Crippen LogP contribution is -2.28. The Bertz CT molecular complexity index is 746. The van der Waals surface area contributed by atoms with Gasteiger partial charge < -0.3 is 14.2 Å². The molecule has 2 aliphatic heterocycles. The molecule has 0 amide bonds. The highest BCUT2D eigenvalue weighted by molar-refractivity contribution is 5.88. The van der Waals surface area contributed by atoms with Crippen LogP contribution in [0.3, 0.4) is 0 Å². The molecule has 0 aromatic carbocycles. The van der Waals surface area contributed by atoms with Crippen LogP contribution in [0.4, 0.5) is 0 Å². The third-order valence-electron chi connectivity index (χ3n) is 9.90. The molecule has 2 heterocycles. The SMILES string of the molecule is CCCCCCCCC=CCCCCCCC(CC1CO1)C(=O)OC(=O)C(CCCCCCC=CCCCCCCCC)CC1CO1. The highest BCUT2D eigenvalue weighted by Gasteiger charge is 2.35. The van der Waals surface area contributed by atoms with Crippen molar-refractivity contribution < 1.29 is 23.8 Å². The number of hydrogen-bond acceptors (Lipinski definition) is 5. The molecule has 0 aromatic heterocycles. The Balaban J connectivity index is 1.56. The Morgan fingerprint density at radius 2 is 0.809 bits per heavy atom. The van der Waals surface area contributed by atoms with E-state index < -0.39 is 0 Å². The number of ether oxygens (including phenoxy) is 3. The monoisotopic (exact) mass is 659 g/mol. The van der Waals surface area contributed by atoms with E-state index >= 15 is 0 Å². The van der Waals surface area contributed by atoms with Crippen molar-refractivity contribution in [3.8, 4) is 0 Å². The first-order chi connectivity index (χ1) is 23.1. The zero-order valence-electron chi connectivity index (χ0n) is 30.9. The van der Waals surface area contributed by atoms with E-state index in [0.717, 1.165) is 64.6 Å². The van der Waals surface area contributed by atoms with Crippen LogP contribution in [0.15, 0.2) is 24.3 Å². The van der Waals surface area contributed by atoms with Crippen LogP contribution in [-0.4, -0.2) is 37.4 Å². The van der Waals surface area contributed by atoms with Gasteiger partial charge in [0, 0.05) is 0 Å². The van der Waals surface area contributed by atoms with Gasteiger partial charge in [0.2, 0.25) is 0 Å². The second kappa shape index (κ2) is 29.5. The summed E-state index contributed by atoms with van der Waals surface area (Å²) >= 11 is 0. The summed E-state index contributed by atoms with van der Waals surface area (Å²) in [5.74, 6) is -1.15. The van der Waals surface area contributed by atoms with Gasteiger partial charge in [0.15, 0.2) is 0 Å².